The first-order valence-corrected chi connectivity index (χ1v) is 9.08. The van der Waals surface area contributed by atoms with Crippen LogP contribution in [0.3, 0.4) is 0 Å². The van der Waals surface area contributed by atoms with E-state index in [-0.39, 0.29) is 24.3 Å². The van der Waals surface area contributed by atoms with Crippen LogP contribution in [-0.4, -0.2) is 43.1 Å². The lowest BCUT2D eigenvalue weighted by Gasteiger charge is -2.34. The number of hydrogen-bond donors (Lipinski definition) is 0. The number of esters is 1. The topological polar surface area (TPSA) is 69.0 Å². The molecular formula is C20H25NO5. The van der Waals surface area contributed by atoms with Crippen LogP contribution in [0.4, 0.5) is 0 Å². The van der Waals surface area contributed by atoms with Gasteiger partial charge in [0.25, 0.3) is 5.91 Å². The number of rotatable bonds is 5. The van der Waals surface area contributed by atoms with E-state index >= 15 is 0 Å². The number of methoxy groups -OCH3 is 1. The number of hydrogen-bond acceptors (Lipinski definition) is 5. The minimum absolute atomic E-state index is 0.141. The van der Waals surface area contributed by atoms with Crippen molar-refractivity contribution in [2.75, 3.05) is 20.3 Å². The van der Waals surface area contributed by atoms with E-state index in [1.165, 1.54) is 0 Å². The molecule has 1 aromatic carbocycles. The standard InChI is InChI=1S/C20H25NO5/c1-4-25-18(22)11-14-7-5-6-10-21(14)20(23)19-13(2)16-9-8-15(24-3)12-17(16)26-19/h8-9,12,14H,4-7,10-11H2,1-3H3/t14-/m1/s1. The zero-order valence-corrected chi connectivity index (χ0v) is 15.5. The molecule has 0 N–H and O–H groups in total. The molecule has 1 aliphatic rings. The number of carbonyl (C=O) groups is 2. The number of aryl methyl sites for hydroxylation is 1. The smallest absolute Gasteiger partial charge is 0.307 e. The largest absolute Gasteiger partial charge is 0.497 e. The first kappa shape index (κ1) is 18.3. The molecule has 0 spiro atoms. The Labute approximate surface area is 153 Å². The zero-order valence-electron chi connectivity index (χ0n) is 15.5. The molecule has 1 saturated heterocycles. The second kappa shape index (κ2) is 7.81. The summed E-state index contributed by atoms with van der Waals surface area (Å²) in [5.41, 5.74) is 1.44. The number of fused-ring (bicyclic) bond motifs is 1. The van der Waals surface area contributed by atoms with Crippen molar-refractivity contribution < 1.29 is 23.5 Å². The van der Waals surface area contributed by atoms with E-state index in [1.807, 2.05) is 19.1 Å². The minimum Gasteiger partial charge on any atom is -0.497 e. The van der Waals surface area contributed by atoms with Crippen molar-refractivity contribution in [1.29, 1.82) is 0 Å². The molecule has 2 heterocycles. The van der Waals surface area contributed by atoms with Crippen molar-refractivity contribution in [2.45, 2.75) is 45.6 Å². The number of piperidine rings is 1. The van der Waals surface area contributed by atoms with E-state index in [0.717, 1.165) is 30.2 Å². The predicted molar refractivity (Wildman–Crippen MR) is 97.4 cm³/mol. The fourth-order valence-corrected chi connectivity index (χ4v) is 3.56. The van der Waals surface area contributed by atoms with Crippen molar-refractivity contribution >= 4 is 22.8 Å². The molecule has 0 radical (unpaired) electrons. The number of ether oxygens (including phenoxy) is 2. The van der Waals surface area contributed by atoms with Gasteiger partial charge in [0.15, 0.2) is 5.76 Å². The van der Waals surface area contributed by atoms with Crippen molar-refractivity contribution in [3.63, 3.8) is 0 Å². The Morgan fingerprint density at radius 2 is 2.12 bits per heavy atom. The Hall–Kier alpha value is -2.50. The molecule has 0 bridgehead atoms. The van der Waals surface area contributed by atoms with Crippen LogP contribution in [0.1, 0.15) is 48.7 Å². The number of furan rings is 1. The lowest BCUT2D eigenvalue weighted by atomic mass is 9.98. The summed E-state index contributed by atoms with van der Waals surface area (Å²) >= 11 is 0. The van der Waals surface area contributed by atoms with E-state index in [4.69, 9.17) is 13.9 Å². The molecule has 140 valence electrons. The second-order valence-corrected chi connectivity index (χ2v) is 6.58. The van der Waals surface area contributed by atoms with Gasteiger partial charge in [-0.05, 0) is 45.2 Å². The summed E-state index contributed by atoms with van der Waals surface area (Å²) < 4.78 is 16.2. The molecule has 1 amide bonds. The Kier molecular flexibility index (Phi) is 5.49. The number of carbonyl (C=O) groups excluding carboxylic acids is 2. The van der Waals surface area contributed by atoms with Gasteiger partial charge in [-0.25, -0.2) is 0 Å². The number of benzene rings is 1. The highest BCUT2D eigenvalue weighted by Crippen LogP contribution is 2.31. The van der Waals surface area contributed by atoms with Crippen LogP contribution in [0.2, 0.25) is 0 Å². The molecular weight excluding hydrogens is 334 g/mol. The number of nitrogens with zero attached hydrogens (tertiary/aromatic N) is 1. The SMILES string of the molecule is CCOC(=O)C[C@H]1CCCCN1C(=O)c1oc2cc(OC)ccc2c1C. The van der Waals surface area contributed by atoms with Crippen LogP contribution >= 0.6 is 0 Å². The maximum atomic E-state index is 13.1. The van der Waals surface area contributed by atoms with Crippen molar-refractivity contribution in [2.24, 2.45) is 0 Å². The summed E-state index contributed by atoms with van der Waals surface area (Å²) in [6.45, 7) is 4.65. The van der Waals surface area contributed by atoms with E-state index in [1.54, 1.807) is 25.0 Å². The van der Waals surface area contributed by atoms with Crippen molar-refractivity contribution in [3.05, 3.63) is 29.5 Å². The predicted octanol–water partition coefficient (Wildman–Crippen LogP) is 3.70. The molecule has 0 unspecified atom stereocenters. The van der Waals surface area contributed by atoms with Crippen LogP contribution < -0.4 is 4.74 Å². The quantitative estimate of drug-likeness (QED) is 0.762. The minimum atomic E-state index is -0.261. The van der Waals surface area contributed by atoms with E-state index in [2.05, 4.69) is 0 Å². The monoisotopic (exact) mass is 359 g/mol. The molecule has 6 heteroatoms. The van der Waals surface area contributed by atoms with Crippen LogP contribution in [0.25, 0.3) is 11.0 Å². The first-order chi connectivity index (χ1) is 12.5. The van der Waals surface area contributed by atoms with Crippen LogP contribution in [-0.2, 0) is 9.53 Å². The van der Waals surface area contributed by atoms with E-state index in [0.29, 0.717) is 30.2 Å². The zero-order chi connectivity index (χ0) is 18.7. The Bertz CT molecular complexity index is 810. The van der Waals surface area contributed by atoms with Gasteiger partial charge in [0, 0.05) is 29.6 Å². The number of likely N-dealkylation sites (tertiary alicyclic amines) is 1. The fraction of sp³-hybridized carbons (Fsp3) is 0.500. The highest BCUT2D eigenvalue weighted by Gasteiger charge is 2.32. The fourth-order valence-electron chi connectivity index (χ4n) is 3.56. The van der Waals surface area contributed by atoms with Gasteiger partial charge in [0.1, 0.15) is 11.3 Å². The molecule has 0 saturated carbocycles. The van der Waals surface area contributed by atoms with Gasteiger partial charge in [-0.2, -0.15) is 0 Å². The summed E-state index contributed by atoms with van der Waals surface area (Å²) in [6, 6.07) is 5.39. The lowest BCUT2D eigenvalue weighted by Crippen LogP contribution is -2.45. The van der Waals surface area contributed by atoms with Gasteiger partial charge in [0.2, 0.25) is 0 Å². The van der Waals surface area contributed by atoms with Crippen molar-refractivity contribution in [3.8, 4) is 5.75 Å². The van der Waals surface area contributed by atoms with Gasteiger partial charge in [-0.3, -0.25) is 9.59 Å². The van der Waals surface area contributed by atoms with Crippen LogP contribution in [0.5, 0.6) is 5.75 Å². The van der Waals surface area contributed by atoms with Gasteiger partial charge in [-0.1, -0.05) is 0 Å². The highest BCUT2D eigenvalue weighted by atomic mass is 16.5. The molecule has 26 heavy (non-hydrogen) atoms. The molecule has 6 nitrogen and oxygen atoms in total. The average Bonchev–Trinajstić information content (AvgIpc) is 2.98. The molecule has 1 fully saturated rings. The molecule has 3 rings (SSSR count). The maximum Gasteiger partial charge on any atom is 0.307 e. The Morgan fingerprint density at radius 1 is 1.31 bits per heavy atom. The summed E-state index contributed by atoms with van der Waals surface area (Å²) in [6.07, 6.45) is 2.96. The molecule has 1 aliphatic heterocycles. The highest BCUT2D eigenvalue weighted by molar-refractivity contribution is 5.99. The van der Waals surface area contributed by atoms with Gasteiger partial charge in [-0.15, -0.1) is 0 Å². The second-order valence-electron chi connectivity index (χ2n) is 6.58. The molecule has 1 aromatic heterocycles. The van der Waals surface area contributed by atoms with Crippen LogP contribution in [0, 0.1) is 6.92 Å². The Balaban J connectivity index is 1.87. The van der Waals surface area contributed by atoms with Gasteiger partial charge in [0.05, 0.1) is 20.1 Å². The third-order valence-corrected chi connectivity index (χ3v) is 4.94. The van der Waals surface area contributed by atoms with Gasteiger partial charge < -0.3 is 18.8 Å². The van der Waals surface area contributed by atoms with Crippen LogP contribution in [0.15, 0.2) is 22.6 Å². The van der Waals surface area contributed by atoms with Crippen molar-refractivity contribution in [1.82, 2.24) is 4.90 Å². The van der Waals surface area contributed by atoms with Gasteiger partial charge >= 0.3 is 5.97 Å². The molecule has 2 aromatic rings. The summed E-state index contributed by atoms with van der Waals surface area (Å²) in [5.74, 6) is 0.599. The third-order valence-electron chi connectivity index (χ3n) is 4.94. The van der Waals surface area contributed by atoms with E-state index in [9.17, 15) is 9.59 Å². The normalized spacial score (nSPS) is 17.3. The first-order valence-electron chi connectivity index (χ1n) is 9.08. The molecule has 1 atom stereocenters. The third kappa shape index (κ3) is 3.54. The number of amides is 1. The summed E-state index contributed by atoms with van der Waals surface area (Å²) in [7, 11) is 1.59. The maximum absolute atomic E-state index is 13.1. The summed E-state index contributed by atoms with van der Waals surface area (Å²) in [5, 5.41) is 0.896. The molecule has 0 aliphatic carbocycles. The lowest BCUT2D eigenvalue weighted by molar-refractivity contribution is -0.144. The average molecular weight is 359 g/mol. The summed E-state index contributed by atoms with van der Waals surface area (Å²) in [4.78, 5) is 26.8. The van der Waals surface area contributed by atoms with E-state index < -0.39 is 0 Å². The Morgan fingerprint density at radius 3 is 2.85 bits per heavy atom.